The molecule has 0 fully saturated rings. The topological polar surface area (TPSA) is 84.5 Å². The predicted octanol–water partition coefficient (Wildman–Crippen LogP) is 4.33. The number of ether oxygens (including phenoxy) is 1. The van der Waals surface area contributed by atoms with Crippen LogP contribution in [0.4, 0.5) is 11.4 Å². The molecule has 0 heterocycles. The van der Waals surface area contributed by atoms with Crippen molar-refractivity contribution in [3.63, 3.8) is 0 Å². The first kappa shape index (κ1) is 21.5. The van der Waals surface area contributed by atoms with E-state index >= 15 is 0 Å². The molecule has 6 nitrogen and oxygen atoms in total. The molecule has 148 valence electrons. The third kappa shape index (κ3) is 6.74. The van der Waals surface area contributed by atoms with E-state index in [4.69, 9.17) is 4.74 Å². The second-order valence-corrected chi connectivity index (χ2v) is 7.10. The number of carbonyl (C=O) groups is 3. The first-order valence-corrected chi connectivity index (χ1v) is 10.0. The van der Waals surface area contributed by atoms with E-state index < -0.39 is 5.97 Å². The third-order valence-corrected chi connectivity index (χ3v) is 4.88. The number of carbonyl (C=O) groups excluding carboxylic acids is 3. The Kier molecular flexibility index (Phi) is 8.55. The average Bonchev–Trinajstić information content (AvgIpc) is 2.71. The quantitative estimate of drug-likeness (QED) is 0.483. The zero-order chi connectivity index (χ0) is 20.4. The molecule has 2 rings (SSSR count). The number of rotatable bonds is 9. The molecule has 7 heteroatoms. The molecular formula is C21H24N2O4S. The lowest BCUT2D eigenvalue weighted by atomic mass is 10.2. The number of amides is 2. The van der Waals surface area contributed by atoms with Gasteiger partial charge in [0.1, 0.15) is 0 Å². The Bertz CT molecular complexity index is 821. The molecule has 0 spiro atoms. The van der Waals surface area contributed by atoms with Gasteiger partial charge in [0.15, 0.2) is 0 Å². The maximum atomic E-state index is 12.2. The summed E-state index contributed by atoms with van der Waals surface area (Å²) < 4.78 is 4.72. The number of unbranched alkanes of at least 4 members (excludes halogenated alkanes) is 1. The van der Waals surface area contributed by atoms with Crippen LogP contribution in [-0.2, 0) is 14.3 Å². The molecule has 2 N–H and O–H groups in total. The number of methoxy groups -OCH3 is 1. The van der Waals surface area contributed by atoms with Crippen molar-refractivity contribution in [2.24, 2.45) is 0 Å². The summed E-state index contributed by atoms with van der Waals surface area (Å²) in [6.45, 7) is 2.05. The van der Waals surface area contributed by atoms with Crippen LogP contribution in [0.15, 0.2) is 53.4 Å². The molecular weight excluding hydrogens is 376 g/mol. The number of hydrogen-bond donors (Lipinski definition) is 2. The predicted molar refractivity (Wildman–Crippen MR) is 112 cm³/mol. The summed E-state index contributed by atoms with van der Waals surface area (Å²) in [7, 11) is 1.30. The van der Waals surface area contributed by atoms with Gasteiger partial charge < -0.3 is 15.4 Å². The van der Waals surface area contributed by atoms with Crippen molar-refractivity contribution >= 4 is 40.9 Å². The SMILES string of the molecule is CCCCC(=O)Nc1ccc(SCC(=O)Nc2ccccc2C(=O)OC)cc1. The van der Waals surface area contributed by atoms with Crippen LogP contribution in [0, 0.1) is 0 Å². The molecule has 2 aromatic rings. The normalized spacial score (nSPS) is 10.2. The molecule has 0 atom stereocenters. The van der Waals surface area contributed by atoms with E-state index in [0.29, 0.717) is 17.7 Å². The second-order valence-electron chi connectivity index (χ2n) is 6.05. The minimum absolute atomic E-state index is 0.00546. The summed E-state index contributed by atoms with van der Waals surface area (Å²) in [5, 5.41) is 5.59. The van der Waals surface area contributed by atoms with Crippen LogP contribution in [0.2, 0.25) is 0 Å². The molecule has 2 aromatic carbocycles. The van der Waals surface area contributed by atoms with Gasteiger partial charge in [0.05, 0.1) is 24.1 Å². The fourth-order valence-corrected chi connectivity index (χ4v) is 3.11. The van der Waals surface area contributed by atoms with Gasteiger partial charge in [0.2, 0.25) is 11.8 Å². The Labute approximate surface area is 169 Å². The van der Waals surface area contributed by atoms with Crippen LogP contribution in [0.3, 0.4) is 0 Å². The first-order chi connectivity index (χ1) is 13.5. The van der Waals surface area contributed by atoms with Crippen molar-refractivity contribution in [3.8, 4) is 0 Å². The zero-order valence-electron chi connectivity index (χ0n) is 16.0. The van der Waals surface area contributed by atoms with Crippen molar-refractivity contribution in [2.75, 3.05) is 23.5 Å². The maximum absolute atomic E-state index is 12.2. The van der Waals surface area contributed by atoms with Gasteiger partial charge in [-0.1, -0.05) is 25.5 Å². The highest BCUT2D eigenvalue weighted by Gasteiger charge is 2.13. The Morgan fingerprint density at radius 3 is 2.36 bits per heavy atom. The third-order valence-electron chi connectivity index (χ3n) is 3.87. The smallest absolute Gasteiger partial charge is 0.339 e. The van der Waals surface area contributed by atoms with Crippen LogP contribution < -0.4 is 10.6 Å². The number of nitrogens with one attached hydrogen (secondary N) is 2. The van der Waals surface area contributed by atoms with E-state index in [1.165, 1.54) is 18.9 Å². The summed E-state index contributed by atoms with van der Waals surface area (Å²) in [5.41, 5.74) is 1.47. The highest BCUT2D eigenvalue weighted by Crippen LogP contribution is 2.22. The first-order valence-electron chi connectivity index (χ1n) is 9.03. The Hall–Kier alpha value is -2.80. The van der Waals surface area contributed by atoms with Gasteiger partial charge in [-0.2, -0.15) is 0 Å². The van der Waals surface area contributed by atoms with Gasteiger partial charge >= 0.3 is 5.97 Å². The molecule has 0 aliphatic rings. The number of hydrogen-bond acceptors (Lipinski definition) is 5. The van der Waals surface area contributed by atoms with Gasteiger partial charge in [-0.25, -0.2) is 4.79 Å². The van der Waals surface area contributed by atoms with Crippen molar-refractivity contribution in [1.29, 1.82) is 0 Å². The molecule has 0 saturated heterocycles. The van der Waals surface area contributed by atoms with E-state index in [9.17, 15) is 14.4 Å². The number of thioether (sulfide) groups is 1. The largest absolute Gasteiger partial charge is 0.465 e. The standard InChI is InChI=1S/C21H24N2O4S/c1-3-4-9-19(24)22-15-10-12-16(13-11-15)28-14-20(25)23-18-8-6-5-7-17(18)21(26)27-2/h5-8,10-13H,3-4,9,14H2,1-2H3,(H,22,24)(H,23,25). The minimum atomic E-state index is -0.500. The molecule has 0 saturated carbocycles. The lowest BCUT2D eigenvalue weighted by Gasteiger charge is -2.10. The highest BCUT2D eigenvalue weighted by molar-refractivity contribution is 8.00. The lowest BCUT2D eigenvalue weighted by molar-refractivity contribution is -0.116. The molecule has 0 radical (unpaired) electrons. The Morgan fingerprint density at radius 2 is 1.68 bits per heavy atom. The van der Waals surface area contributed by atoms with Crippen molar-refractivity contribution in [3.05, 3.63) is 54.1 Å². The van der Waals surface area contributed by atoms with Crippen LogP contribution in [0.25, 0.3) is 0 Å². The lowest BCUT2D eigenvalue weighted by Crippen LogP contribution is -2.17. The van der Waals surface area contributed by atoms with E-state index in [2.05, 4.69) is 10.6 Å². The van der Waals surface area contributed by atoms with E-state index in [0.717, 1.165) is 23.4 Å². The van der Waals surface area contributed by atoms with Crippen LogP contribution >= 0.6 is 11.8 Å². The minimum Gasteiger partial charge on any atom is -0.465 e. The number of anilines is 2. The Morgan fingerprint density at radius 1 is 0.964 bits per heavy atom. The van der Waals surface area contributed by atoms with Crippen molar-refractivity contribution in [2.45, 2.75) is 31.1 Å². The van der Waals surface area contributed by atoms with Crippen molar-refractivity contribution < 1.29 is 19.1 Å². The fraction of sp³-hybridized carbons (Fsp3) is 0.286. The van der Waals surface area contributed by atoms with Crippen LogP contribution in [-0.4, -0.2) is 30.6 Å². The van der Waals surface area contributed by atoms with Crippen LogP contribution in [0.1, 0.15) is 36.5 Å². The van der Waals surface area contributed by atoms with Gasteiger partial charge in [-0.05, 0) is 42.8 Å². The zero-order valence-corrected chi connectivity index (χ0v) is 16.8. The summed E-state index contributed by atoms with van der Waals surface area (Å²) in [6, 6.07) is 14.0. The highest BCUT2D eigenvalue weighted by atomic mass is 32.2. The fourth-order valence-electron chi connectivity index (χ4n) is 2.41. The van der Waals surface area contributed by atoms with Gasteiger partial charge in [-0.3, -0.25) is 9.59 Å². The van der Waals surface area contributed by atoms with E-state index in [-0.39, 0.29) is 17.6 Å². The van der Waals surface area contributed by atoms with Gasteiger partial charge in [0.25, 0.3) is 0 Å². The average molecular weight is 401 g/mol. The molecule has 2 amide bonds. The van der Waals surface area contributed by atoms with E-state index in [1.54, 1.807) is 24.3 Å². The number of para-hydroxylation sites is 1. The van der Waals surface area contributed by atoms with E-state index in [1.807, 2.05) is 31.2 Å². The summed E-state index contributed by atoms with van der Waals surface area (Å²) in [4.78, 5) is 36.6. The molecule has 0 unspecified atom stereocenters. The second kappa shape index (κ2) is 11.1. The summed E-state index contributed by atoms with van der Waals surface area (Å²) in [6.07, 6.45) is 2.36. The number of benzene rings is 2. The maximum Gasteiger partial charge on any atom is 0.339 e. The van der Waals surface area contributed by atoms with Crippen LogP contribution in [0.5, 0.6) is 0 Å². The monoisotopic (exact) mass is 400 g/mol. The molecule has 0 bridgehead atoms. The van der Waals surface area contributed by atoms with Gasteiger partial charge in [0, 0.05) is 17.0 Å². The Balaban J connectivity index is 1.86. The molecule has 0 aliphatic carbocycles. The van der Waals surface area contributed by atoms with Crippen molar-refractivity contribution in [1.82, 2.24) is 0 Å². The summed E-state index contributed by atoms with van der Waals surface area (Å²) >= 11 is 1.37. The number of esters is 1. The molecule has 0 aliphatic heterocycles. The molecule has 28 heavy (non-hydrogen) atoms. The van der Waals surface area contributed by atoms with Gasteiger partial charge in [-0.15, -0.1) is 11.8 Å². The molecule has 0 aromatic heterocycles. The summed E-state index contributed by atoms with van der Waals surface area (Å²) in [5.74, 6) is -0.526.